The molecule has 3 aromatic carbocycles. The van der Waals surface area contributed by atoms with Gasteiger partial charge in [-0.2, -0.15) is 0 Å². The first-order valence-corrected chi connectivity index (χ1v) is 7.91. The zero-order chi connectivity index (χ0) is 16.1. The van der Waals surface area contributed by atoms with Crippen LogP contribution in [0.5, 0.6) is 5.75 Å². The summed E-state index contributed by atoms with van der Waals surface area (Å²) in [7, 11) is 0. The number of hydrogen-bond acceptors (Lipinski definition) is 0. The lowest BCUT2D eigenvalue weighted by molar-refractivity contribution is 0.355. The fourth-order valence-electron chi connectivity index (χ4n) is 2.91. The smallest absolute Gasteiger partial charge is 0.178 e. The lowest BCUT2D eigenvalue weighted by Crippen LogP contribution is -1.94. The minimum Gasteiger partial charge on any atom is -0.290 e. The molecule has 0 saturated heterocycles. The van der Waals surface area contributed by atoms with Gasteiger partial charge < -0.3 is 0 Å². The van der Waals surface area contributed by atoms with E-state index in [1.165, 1.54) is 22.3 Å². The summed E-state index contributed by atoms with van der Waals surface area (Å²) >= 11 is 0. The van der Waals surface area contributed by atoms with Gasteiger partial charge in [-0.15, -0.1) is 0 Å². The first-order valence-electron chi connectivity index (χ1n) is 7.91. The lowest BCUT2D eigenvalue weighted by Gasteiger charge is -2.16. The molecular formula is C22H19O. The minimum absolute atomic E-state index is 0.0407. The molecule has 0 N–H and O–H groups in total. The van der Waals surface area contributed by atoms with Crippen LogP contribution in [0.25, 0.3) is 11.1 Å². The van der Waals surface area contributed by atoms with E-state index in [0.29, 0.717) is 0 Å². The van der Waals surface area contributed by atoms with Gasteiger partial charge in [0.15, 0.2) is 5.75 Å². The largest absolute Gasteiger partial charge is 0.290 e. The molecule has 0 fully saturated rings. The van der Waals surface area contributed by atoms with Gasteiger partial charge in [0.2, 0.25) is 0 Å². The standard InChI is InChI=1S/C22H19O/c1-2-21(17-9-5-3-6-10-17)22(18-11-7-4-8-12-18)19-13-15-20(23)16-14-19/h3-16H,2H2,1H3/b22-21-. The Morgan fingerprint density at radius 3 is 1.65 bits per heavy atom. The Hall–Kier alpha value is -2.80. The average molecular weight is 299 g/mol. The van der Waals surface area contributed by atoms with Crippen molar-refractivity contribution >= 4 is 11.1 Å². The Balaban J connectivity index is 2.26. The van der Waals surface area contributed by atoms with Gasteiger partial charge in [-0.05, 0) is 46.4 Å². The number of allylic oxidation sites excluding steroid dienone is 1. The zero-order valence-corrected chi connectivity index (χ0v) is 13.2. The van der Waals surface area contributed by atoms with E-state index in [1.807, 2.05) is 24.3 Å². The van der Waals surface area contributed by atoms with Gasteiger partial charge in [0, 0.05) is 0 Å². The van der Waals surface area contributed by atoms with Gasteiger partial charge >= 0.3 is 0 Å². The molecular weight excluding hydrogens is 280 g/mol. The van der Waals surface area contributed by atoms with Crippen LogP contribution in [0.2, 0.25) is 0 Å². The van der Waals surface area contributed by atoms with E-state index >= 15 is 0 Å². The fourth-order valence-corrected chi connectivity index (χ4v) is 2.91. The first-order chi connectivity index (χ1) is 11.3. The van der Waals surface area contributed by atoms with Gasteiger partial charge in [0.25, 0.3) is 0 Å². The van der Waals surface area contributed by atoms with E-state index in [-0.39, 0.29) is 5.75 Å². The van der Waals surface area contributed by atoms with E-state index in [1.54, 1.807) is 12.1 Å². The second-order valence-electron chi connectivity index (χ2n) is 5.46. The monoisotopic (exact) mass is 299 g/mol. The van der Waals surface area contributed by atoms with Crippen molar-refractivity contribution in [1.29, 1.82) is 0 Å². The van der Waals surface area contributed by atoms with E-state index in [0.717, 1.165) is 12.0 Å². The molecule has 3 rings (SSSR count). The SMILES string of the molecule is CC/C(=C(\c1ccccc1)c1ccc([O])cc1)c1ccccc1. The van der Waals surface area contributed by atoms with Crippen LogP contribution < -0.4 is 0 Å². The molecule has 1 nitrogen and oxygen atoms in total. The van der Waals surface area contributed by atoms with Crippen molar-refractivity contribution in [3.05, 3.63) is 102 Å². The summed E-state index contributed by atoms with van der Waals surface area (Å²) in [5.74, 6) is 0.0407. The summed E-state index contributed by atoms with van der Waals surface area (Å²) in [4.78, 5) is 0. The molecule has 0 unspecified atom stereocenters. The topological polar surface area (TPSA) is 19.9 Å². The van der Waals surface area contributed by atoms with Crippen molar-refractivity contribution in [3.63, 3.8) is 0 Å². The van der Waals surface area contributed by atoms with Crippen LogP contribution >= 0.6 is 0 Å². The van der Waals surface area contributed by atoms with Crippen LogP contribution in [0.4, 0.5) is 0 Å². The third-order valence-electron chi connectivity index (χ3n) is 3.98. The first kappa shape index (κ1) is 15.1. The van der Waals surface area contributed by atoms with Crippen molar-refractivity contribution in [2.24, 2.45) is 0 Å². The highest BCUT2D eigenvalue weighted by atomic mass is 16.3. The second-order valence-corrected chi connectivity index (χ2v) is 5.46. The summed E-state index contributed by atoms with van der Waals surface area (Å²) in [5.41, 5.74) is 5.96. The Labute approximate surface area is 137 Å². The van der Waals surface area contributed by atoms with Gasteiger partial charge in [0.1, 0.15) is 0 Å². The normalized spacial score (nSPS) is 11.9. The Kier molecular flexibility index (Phi) is 4.58. The number of rotatable bonds is 4. The molecule has 0 amide bonds. The van der Waals surface area contributed by atoms with Gasteiger partial charge in [-0.25, -0.2) is 0 Å². The van der Waals surface area contributed by atoms with Crippen molar-refractivity contribution in [2.75, 3.05) is 0 Å². The van der Waals surface area contributed by atoms with Crippen molar-refractivity contribution in [3.8, 4) is 5.75 Å². The average Bonchev–Trinajstić information content (AvgIpc) is 2.62. The van der Waals surface area contributed by atoms with Gasteiger partial charge in [-0.3, -0.25) is 5.11 Å². The predicted octanol–water partition coefficient (Wildman–Crippen LogP) is 6.20. The number of hydrogen-bond donors (Lipinski definition) is 0. The van der Waals surface area contributed by atoms with Crippen LogP contribution in [0.15, 0.2) is 84.9 Å². The van der Waals surface area contributed by atoms with Gasteiger partial charge in [0.05, 0.1) is 0 Å². The molecule has 0 saturated carbocycles. The van der Waals surface area contributed by atoms with Crippen LogP contribution in [-0.2, 0) is 5.11 Å². The molecule has 1 radical (unpaired) electrons. The van der Waals surface area contributed by atoms with Gasteiger partial charge in [-0.1, -0.05) is 79.7 Å². The molecule has 0 heterocycles. The zero-order valence-electron chi connectivity index (χ0n) is 13.2. The van der Waals surface area contributed by atoms with E-state index in [2.05, 4.69) is 55.5 Å². The summed E-state index contributed by atoms with van der Waals surface area (Å²) in [6.07, 6.45) is 0.924. The molecule has 0 aromatic heterocycles. The maximum atomic E-state index is 11.5. The summed E-state index contributed by atoms with van der Waals surface area (Å²) < 4.78 is 0. The van der Waals surface area contributed by atoms with Crippen molar-refractivity contribution in [2.45, 2.75) is 13.3 Å². The molecule has 0 bridgehead atoms. The number of benzene rings is 3. The second kappa shape index (κ2) is 6.97. The Morgan fingerprint density at radius 1 is 0.652 bits per heavy atom. The summed E-state index contributed by atoms with van der Waals surface area (Å²) in [5, 5.41) is 11.5. The maximum absolute atomic E-state index is 11.5. The third-order valence-corrected chi connectivity index (χ3v) is 3.98. The Morgan fingerprint density at radius 2 is 1.13 bits per heavy atom. The van der Waals surface area contributed by atoms with Crippen LogP contribution in [-0.4, -0.2) is 0 Å². The molecule has 0 aliphatic heterocycles. The van der Waals surface area contributed by atoms with Crippen molar-refractivity contribution < 1.29 is 5.11 Å². The highest BCUT2D eigenvalue weighted by molar-refractivity contribution is 5.98. The highest BCUT2D eigenvalue weighted by Crippen LogP contribution is 2.34. The third kappa shape index (κ3) is 3.35. The highest BCUT2D eigenvalue weighted by Gasteiger charge is 2.12. The fraction of sp³-hybridized carbons (Fsp3) is 0.0909. The molecule has 0 atom stereocenters. The minimum atomic E-state index is 0.0407. The molecule has 0 spiro atoms. The molecule has 113 valence electrons. The molecule has 0 aliphatic rings. The lowest BCUT2D eigenvalue weighted by atomic mass is 9.88. The molecule has 1 heteroatoms. The van der Waals surface area contributed by atoms with Crippen LogP contribution in [0, 0.1) is 0 Å². The molecule has 3 aromatic rings. The van der Waals surface area contributed by atoms with E-state index in [4.69, 9.17) is 0 Å². The molecule has 23 heavy (non-hydrogen) atoms. The van der Waals surface area contributed by atoms with E-state index < -0.39 is 0 Å². The van der Waals surface area contributed by atoms with Crippen LogP contribution in [0.3, 0.4) is 0 Å². The van der Waals surface area contributed by atoms with Crippen LogP contribution in [0.1, 0.15) is 30.0 Å². The predicted molar refractivity (Wildman–Crippen MR) is 95.7 cm³/mol. The summed E-state index contributed by atoms with van der Waals surface area (Å²) in [6, 6.07) is 27.9. The maximum Gasteiger partial charge on any atom is 0.178 e. The van der Waals surface area contributed by atoms with Crippen molar-refractivity contribution in [1.82, 2.24) is 0 Å². The van der Waals surface area contributed by atoms with E-state index in [9.17, 15) is 5.11 Å². The summed E-state index contributed by atoms with van der Waals surface area (Å²) in [6.45, 7) is 2.17. The molecule has 0 aliphatic carbocycles. The Bertz CT molecular complexity index is 784. The quantitative estimate of drug-likeness (QED) is 0.511.